The maximum Gasteiger partial charge on any atom is 0.228 e. The SMILES string of the molecule is COc1ccccc1C=[NH+]NC(=S)Nc1ccccc1. The normalized spacial score (nSPS) is 10.2. The summed E-state index contributed by atoms with van der Waals surface area (Å²) in [5.74, 6) is 0.795. The van der Waals surface area contributed by atoms with Crippen molar-refractivity contribution in [2.45, 2.75) is 0 Å². The summed E-state index contributed by atoms with van der Waals surface area (Å²) >= 11 is 5.18. The Balaban J connectivity index is 1.91. The molecule has 0 aliphatic carbocycles. The molecule has 2 aromatic rings. The van der Waals surface area contributed by atoms with E-state index in [9.17, 15) is 0 Å². The van der Waals surface area contributed by atoms with Crippen molar-refractivity contribution in [1.82, 2.24) is 5.43 Å². The lowest BCUT2D eigenvalue weighted by atomic mass is 10.2. The summed E-state index contributed by atoms with van der Waals surface area (Å²) < 4.78 is 5.25. The molecule has 0 fully saturated rings. The molecule has 4 nitrogen and oxygen atoms in total. The molecule has 0 unspecified atom stereocenters. The van der Waals surface area contributed by atoms with E-state index in [-0.39, 0.29) is 0 Å². The third-order valence-corrected chi connectivity index (χ3v) is 2.79. The van der Waals surface area contributed by atoms with E-state index in [1.54, 1.807) is 13.3 Å². The monoisotopic (exact) mass is 286 g/mol. The van der Waals surface area contributed by atoms with Crippen molar-refractivity contribution in [2.75, 3.05) is 12.4 Å². The Labute approximate surface area is 123 Å². The maximum atomic E-state index is 5.25. The molecule has 2 aromatic carbocycles. The molecule has 102 valence electrons. The number of thiocarbonyl (C=S) groups is 1. The molecule has 0 amide bonds. The number of ether oxygens (including phenoxy) is 1. The predicted molar refractivity (Wildman–Crippen MR) is 84.9 cm³/mol. The van der Waals surface area contributed by atoms with Crippen LogP contribution in [0.1, 0.15) is 5.56 Å². The molecule has 20 heavy (non-hydrogen) atoms. The van der Waals surface area contributed by atoms with Crippen LogP contribution in [0.25, 0.3) is 0 Å². The minimum absolute atomic E-state index is 0.488. The minimum atomic E-state index is 0.488. The number of rotatable bonds is 4. The number of nitrogens with one attached hydrogen (secondary N) is 3. The van der Waals surface area contributed by atoms with Gasteiger partial charge in [0.05, 0.1) is 12.7 Å². The lowest BCUT2D eigenvalue weighted by Gasteiger charge is -2.04. The molecule has 5 heteroatoms. The number of methoxy groups -OCH3 is 1. The molecule has 0 saturated carbocycles. The van der Waals surface area contributed by atoms with Gasteiger partial charge in [0, 0.05) is 5.69 Å². The highest BCUT2D eigenvalue weighted by molar-refractivity contribution is 7.80. The van der Waals surface area contributed by atoms with Crippen LogP contribution in [0.5, 0.6) is 5.75 Å². The van der Waals surface area contributed by atoms with Gasteiger partial charge in [-0.15, -0.1) is 10.5 Å². The van der Waals surface area contributed by atoms with E-state index in [1.165, 1.54) is 0 Å². The van der Waals surface area contributed by atoms with Crippen molar-refractivity contribution in [2.24, 2.45) is 0 Å². The van der Waals surface area contributed by atoms with Crippen LogP contribution in [-0.2, 0) is 0 Å². The van der Waals surface area contributed by atoms with Crippen molar-refractivity contribution >= 4 is 29.2 Å². The van der Waals surface area contributed by atoms with E-state index in [0.717, 1.165) is 17.0 Å². The number of anilines is 1. The fourth-order valence-corrected chi connectivity index (χ4v) is 1.83. The molecule has 2 rings (SSSR count). The lowest BCUT2D eigenvalue weighted by molar-refractivity contribution is -0.499. The van der Waals surface area contributed by atoms with Crippen LogP contribution in [-0.4, -0.2) is 18.4 Å². The van der Waals surface area contributed by atoms with E-state index in [2.05, 4.69) is 15.8 Å². The number of hydrogen-bond acceptors (Lipinski definition) is 2. The topological polar surface area (TPSA) is 47.3 Å². The average molecular weight is 286 g/mol. The van der Waals surface area contributed by atoms with Crippen LogP contribution in [0.3, 0.4) is 0 Å². The van der Waals surface area contributed by atoms with E-state index in [4.69, 9.17) is 17.0 Å². The number of benzene rings is 2. The smallest absolute Gasteiger partial charge is 0.228 e. The van der Waals surface area contributed by atoms with Gasteiger partial charge < -0.3 is 10.1 Å². The maximum absolute atomic E-state index is 5.25. The molecule has 0 spiro atoms. The largest absolute Gasteiger partial charge is 0.496 e. The Morgan fingerprint density at radius 1 is 1.10 bits per heavy atom. The van der Waals surface area contributed by atoms with Gasteiger partial charge in [0.25, 0.3) is 0 Å². The van der Waals surface area contributed by atoms with Gasteiger partial charge in [0.1, 0.15) is 5.75 Å². The van der Waals surface area contributed by atoms with E-state index in [1.807, 2.05) is 54.6 Å². The van der Waals surface area contributed by atoms with E-state index < -0.39 is 0 Å². The minimum Gasteiger partial charge on any atom is -0.496 e. The van der Waals surface area contributed by atoms with Crippen molar-refractivity contribution in [1.29, 1.82) is 0 Å². The zero-order valence-electron chi connectivity index (χ0n) is 11.1. The molecule has 0 bridgehead atoms. The Morgan fingerprint density at radius 2 is 1.80 bits per heavy atom. The quantitative estimate of drug-likeness (QED) is 0.447. The number of hydrogen-bond donors (Lipinski definition) is 3. The van der Waals surface area contributed by atoms with Gasteiger partial charge in [-0.05, 0) is 36.5 Å². The molecule has 0 radical (unpaired) electrons. The lowest BCUT2D eigenvalue weighted by Crippen LogP contribution is -2.82. The summed E-state index contributed by atoms with van der Waals surface area (Å²) in [5, 5.41) is 6.49. The standard InChI is InChI=1S/C15H15N3OS/c1-19-14-10-6-5-7-12(14)11-16-18-15(20)17-13-8-3-2-4-9-13/h2-11H,1H3,(H2,17,18,20)/p+1. The van der Waals surface area contributed by atoms with Gasteiger partial charge in [-0.25, -0.2) is 0 Å². The summed E-state index contributed by atoms with van der Waals surface area (Å²) in [4.78, 5) is 0. The van der Waals surface area contributed by atoms with Crippen LogP contribution in [0.15, 0.2) is 54.6 Å². The Kier molecular flexibility index (Phi) is 5.08. The number of hydrazone groups is 1. The highest BCUT2D eigenvalue weighted by atomic mass is 32.1. The summed E-state index contributed by atoms with van der Waals surface area (Å²) in [6, 6.07) is 17.4. The van der Waals surface area contributed by atoms with Gasteiger partial charge in [-0.3, -0.25) is 0 Å². The summed E-state index contributed by atoms with van der Waals surface area (Å²) in [6.45, 7) is 0. The summed E-state index contributed by atoms with van der Waals surface area (Å²) in [7, 11) is 1.64. The van der Waals surface area contributed by atoms with Gasteiger partial charge in [-0.1, -0.05) is 30.3 Å². The van der Waals surface area contributed by atoms with Crippen LogP contribution >= 0.6 is 12.2 Å². The zero-order chi connectivity index (χ0) is 14.2. The van der Waals surface area contributed by atoms with Crippen molar-refractivity contribution in [3.05, 3.63) is 60.2 Å². The number of para-hydroxylation sites is 2. The molecule has 0 atom stereocenters. The highest BCUT2D eigenvalue weighted by Gasteiger charge is 2.01. The van der Waals surface area contributed by atoms with Crippen LogP contribution in [0, 0.1) is 0 Å². The van der Waals surface area contributed by atoms with Crippen molar-refractivity contribution in [3.63, 3.8) is 0 Å². The summed E-state index contributed by atoms with van der Waals surface area (Å²) in [6.07, 6.45) is 1.79. The zero-order valence-corrected chi connectivity index (χ0v) is 11.9. The molecule has 0 heterocycles. The highest BCUT2D eigenvalue weighted by Crippen LogP contribution is 2.13. The second-order valence-electron chi connectivity index (χ2n) is 3.98. The predicted octanol–water partition coefficient (Wildman–Crippen LogP) is 1.10. The molecule has 0 aromatic heterocycles. The third kappa shape index (κ3) is 4.07. The molecule has 0 saturated heterocycles. The first-order chi connectivity index (χ1) is 9.79. The first kappa shape index (κ1) is 14.0. The van der Waals surface area contributed by atoms with E-state index in [0.29, 0.717) is 5.11 Å². The van der Waals surface area contributed by atoms with Gasteiger partial charge in [0.2, 0.25) is 11.3 Å². The van der Waals surface area contributed by atoms with Crippen LogP contribution in [0.4, 0.5) is 5.69 Å². The molecule has 0 aliphatic rings. The molecular formula is C15H16N3OS+. The van der Waals surface area contributed by atoms with Crippen LogP contribution in [0.2, 0.25) is 0 Å². The second-order valence-corrected chi connectivity index (χ2v) is 4.38. The number of hydrazine groups is 1. The fourth-order valence-electron chi connectivity index (χ4n) is 1.65. The van der Waals surface area contributed by atoms with Crippen molar-refractivity contribution < 1.29 is 9.84 Å². The average Bonchev–Trinajstić information content (AvgIpc) is 2.49. The van der Waals surface area contributed by atoms with E-state index >= 15 is 0 Å². The van der Waals surface area contributed by atoms with Gasteiger partial charge >= 0.3 is 0 Å². The first-order valence-electron chi connectivity index (χ1n) is 6.13. The molecular weight excluding hydrogens is 270 g/mol. The Bertz CT molecular complexity index is 599. The van der Waals surface area contributed by atoms with Gasteiger partial charge in [0.15, 0.2) is 0 Å². The second kappa shape index (κ2) is 7.25. The molecule has 3 N–H and O–H groups in total. The Hall–Kier alpha value is -2.40. The van der Waals surface area contributed by atoms with Crippen LogP contribution < -0.4 is 20.6 Å². The third-order valence-electron chi connectivity index (χ3n) is 2.58. The Morgan fingerprint density at radius 3 is 2.55 bits per heavy atom. The summed E-state index contributed by atoms with van der Waals surface area (Å²) in [5.41, 5.74) is 4.76. The first-order valence-corrected chi connectivity index (χ1v) is 6.54. The fraction of sp³-hybridized carbons (Fsp3) is 0.0667. The van der Waals surface area contributed by atoms with Crippen molar-refractivity contribution in [3.8, 4) is 5.75 Å². The van der Waals surface area contributed by atoms with Gasteiger partial charge in [-0.2, -0.15) is 0 Å². The molecule has 0 aliphatic heterocycles.